The van der Waals surface area contributed by atoms with Crippen molar-refractivity contribution in [2.24, 2.45) is 0 Å². The van der Waals surface area contributed by atoms with Crippen molar-refractivity contribution in [3.05, 3.63) is 33.9 Å². The molecule has 0 unspecified atom stereocenters. The lowest BCUT2D eigenvalue weighted by Gasteiger charge is -2.30. The first-order chi connectivity index (χ1) is 13.6. The zero-order valence-electron chi connectivity index (χ0n) is 16.2. The second-order valence-electron chi connectivity index (χ2n) is 7.30. The molecule has 1 N–H and O–H groups in total. The van der Waals surface area contributed by atoms with Crippen molar-refractivity contribution >= 4 is 17.3 Å². The first-order valence-electron chi connectivity index (χ1n) is 10.2. The van der Waals surface area contributed by atoms with Gasteiger partial charge in [-0.2, -0.15) is 0 Å². The number of carbonyl (C=O) groups excluding carboxylic acids is 1. The van der Waals surface area contributed by atoms with Gasteiger partial charge in [-0.25, -0.2) is 0 Å². The maximum absolute atomic E-state index is 12.7. The van der Waals surface area contributed by atoms with Crippen molar-refractivity contribution in [2.45, 2.75) is 44.6 Å². The van der Waals surface area contributed by atoms with E-state index in [2.05, 4.69) is 5.32 Å². The zero-order valence-corrected chi connectivity index (χ0v) is 16.2. The molecule has 8 nitrogen and oxygen atoms in total. The molecule has 0 atom stereocenters. The quantitative estimate of drug-likeness (QED) is 0.416. The van der Waals surface area contributed by atoms with Crippen LogP contribution in [0.2, 0.25) is 0 Å². The Bertz CT molecular complexity index is 670. The standard InChI is InChI=1S/C20H29N3O5/c24-20(21-9-4-12-28-17-5-2-1-3-6-17)18-15-16(23(25)26)7-8-19(18)22-10-13-27-14-11-22/h7-8,15,17H,1-6,9-14H2,(H,21,24). The van der Waals surface area contributed by atoms with Gasteiger partial charge in [0.25, 0.3) is 11.6 Å². The summed E-state index contributed by atoms with van der Waals surface area (Å²) < 4.78 is 11.2. The van der Waals surface area contributed by atoms with Crippen molar-refractivity contribution in [2.75, 3.05) is 44.4 Å². The molecule has 1 aromatic carbocycles. The first-order valence-corrected chi connectivity index (χ1v) is 10.2. The van der Waals surface area contributed by atoms with Gasteiger partial charge in [-0.1, -0.05) is 19.3 Å². The van der Waals surface area contributed by atoms with Gasteiger partial charge in [0, 0.05) is 38.4 Å². The largest absolute Gasteiger partial charge is 0.378 e. The molecule has 1 aliphatic carbocycles. The molecule has 1 saturated carbocycles. The van der Waals surface area contributed by atoms with Crippen LogP contribution in [0, 0.1) is 10.1 Å². The first kappa shape index (κ1) is 20.5. The Labute approximate surface area is 165 Å². The van der Waals surface area contributed by atoms with Crippen molar-refractivity contribution in [1.29, 1.82) is 0 Å². The molecule has 2 fully saturated rings. The van der Waals surface area contributed by atoms with Crippen LogP contribution >= 0.6 is 0 Å². The Hall–Kier alpha value is -2.19. The highest BCUT2D eigenvalue weighted by Crippen LogP contribution is 2.26. The number of morpholine rings is 1. The Morgan fingerprint density at radius 3 is 2.71 bits per heavy atom. The van der Waals surface area contributed by atoms with Gasteiger partial charge in [0.05, 0.1) is 35.5 Å². The van der Waals surface area contributed by atoms with Crippen LogP contribution in [-0.4, -0.2) is 56.4 Å². The molecule has 0 bridgehead atoms. The topological polar surface area (TPSA) is 93.9 Å². The molecule has 0 aromatic heterocycles. The van der Waals surface area contributed by atoms with Gasteiger partial charge in [-0.15, -0.1) is 0 Å². The Kier molecular flexibility index (Phi) is 7.62. The van der Waals surface area contributed by atoms with Crippen LogP contribution in [0.25, 0.3) is 0 Å². The number of non-ortho nitro benzene ring substituents is 1. The van der Waals surface area contributed by atoms with Crippen LogP contribution in [-0.2, 0) is 9.47 Å². The number of hydrogen-bond acceptors (Lipinski definition) is 6. The molecule has 1 amide bonds. The molecule has 0 spiro atoms. The van der Waals surface area contributed by atoms with E-state index in [4.69, 9.17) is 9.47 Å². The molecular weight excluding hydrogens is 362 g/mol. The summed E-state index contributed by atoms with van der Waals surface area (Å²) in [6, 6.07) is 4.46. The number of ether oxygens (including phenoxy) is 2. The number of benzene rings is 1. The number of amides is 1. The van der Waals surface area contributed by atoms with Crippen LogP contribution in [0.4, 0.5) is 11.4 Å². The van der Waals surface area contributed by atoms with E-state index in [1.165, 1.54) is 31.4 Å². The van der Waals surface area contributed by atoms with E-state index in [0.717, 1.165) is 19.3 Å². The van der Waals surface area contributed by atoms with Gasteiger partial charge >= 0.3 is 0 Å². The Balaban J connectivity index is 1.55. The fourth-order valence-corrected chi connectivity index (χ4v) is 3.75. The monoisotopic (exact) mass is 391 g/mol. The predicted molar refractivity (Wildman–Crippen MR) is 106 cm³/mol. The van der Waals surface area contributed by atoms with E-state index in [-0.39, 0.29) is 11.6 Å². The molecule has 0 radical (unpaired) electrons. The maximum atomic E-state index is 12.7. The fraction of sp³-hybridized carbons (Fsp3) is 0.650. The third kappa shape index (κ3) is 5.65. The predicted octanol–water partition coefficient (Wildman–Crippen LogP) is 2.90. The van der Waals surface area contributed by atoms with E-state index in [0.29, 0.717) is 56.8 Å². The van der Waals surface area contributed by atoms with Crippen molar-refractivity contribution < 1.29 is 19.2 Å². The average Bonchev–Trinajstić information content (AvgIpc) is 2.74. The second kappa shape index (κ2) is 10.4. The molecule has 1 heterocycles. The number of hydrogen-bond donors (Lipinski definition) is 1. The maximum Gasteiger partial charge on any atom is 0.270 e. The minimum Gasteiger partial charge on any atom is -0.378 e. The van der Waals surface area contributed by atoms with E-state index >= 15 is 0 Å². The number of carbonyl (C=O) groups is 1. The van der Waals surface area contributed by atoms with E-state index in [1.807, 2.05) is 4.90 Å². The molecule has 8 heteroatoms. The third-order valence-electron chi connectivity index (χ3n) is 5.30. The number of nitrogens with zero attached hydrogens (tertiary/aromatic N) is 2. The normalized spacial score (nSPS) is 18.1. The summed E-state index contributed by atoms with van der Waals surface area (Å²) in [5.41, 5.74) is 0.969. The van der Waals surface area contributed by atoms with Crippen LogP contribution in [0.3, 0.4) is 0 Å². The molecule has 1 aliphatic heterocycles. The SMILES string of the molecule is O=C(NCCCOC1CCCCC1)c1cc([N+](=O)[O-])ccc1N1CCOCC1. The van der Waals surface area contributed by atoms with Crippen LogP contribution in [0.5, 0.6) is 0 Å². The summed E-state index contributed by atoms with van der Waals surface area (Å²) in [4.78, 5) is 25.4. The molecule has 28 heavy (non-hydrogen) atoms. The van der Waals surface area contributed by atoms with Crippen molar-refractivity contribution in [3.8, 4) is 0 Å². The van der Waals surface area contributed by atoms with Gasteiger partial charge in [0.2, 0.25) is 0 Å². The van der Waals surface area contributed by atoms with Gasteiger partial charge in [0.15, 0.2) is 0 Å². The van der Waals surface area contributed by atoms with Crippen LogP contribution in [0.1, 0.15) is 48.9 Å². The van der Waals surface area contributed by atoms with Crippen molar-refractivity contribution in [3.63, 3.8) is 0 Å². The minimum absolute atomic E-state index is 0.0807. The summed E-state index contributed by atoms with van der Waals surface area (Å²) in [5, 5.41) is 14.0. The molecule has 3 rings (SSSR count). The summed E-state index contributed by atoms with van der Waals surface area (Å²) >= 11 is 0. The molecule has 1 aromatic rings. The highest BCUT2D eigenvalue weighted by molar-refractivity contribution is 6.00. The molecular formula is C20H29N3O5. The zero-order chi connectivity index (χ0) is 19.8. The van der Waals surface area contributed by atoms with Crippen molar-refractivity contribution in [1.82, 2.24) is 5.32 Å². The Morgan fingerprint density at radius 2 is 2.00 bits per heavy atom. The minimum atomic E-state index is -0.474. The van der Waals surface area contributed by atoms with Gasteiger partial charge in [-0.05, 0) is 25.3 Å². The third-order valence-corrected chi connectivity index (χ3v) is 5.30. The van der Waals surface area contributed by atoms with Crippen LogP contribution < -0.4 is 10.2 Å². The van der Waals surface area contributed by atoms with E-state index in [1.54, 1.807) is 6.07 Å². The number of nitrogens with one attached hydrogen (secondary N) is 1. The smallest absolute Gasteiger partial charge is 0.270 e. The Morgan fingerprint density at radius 1 is 1.25 bits per heavy atom. The lowest BCUT2D eigenvalue weighted by atomic mass is 9.98. The number of rotatable bonds is 8. The van der Waals surface area contributed by atoms with Gasteiger partial charge in [0.1, 0.15) is 0 Å². The lowest BCUT2D eigenvalue weighted by molar-refractivity contribution is -0.384. The highest BCUT2D eigenvalue weighted by Gasteiger charge is 2.22. The number of nitro groups is 1. The number of nitro benzene ring substituents is 1. The molecule has 2 aliphatic rings. The van der Waals surface area contributed by atoms with Crippen LogP contribution in [0.15, 0.2) is 18.2 Å². The summed E-state index contributed by atoms with van der Waals surface area (Å²) in [7, 11) is 0. The average molecular weight is 391 g/mol. The fourth-order valence-electron chi connectivity index (χ4n) is 3.75. The van der Waals surface area contributed by atoms with E-state index in [9.17, 15) is 14.9 Å². The molecule has 154 valence electrons. The van der Waals surface area contributed by atoms with Gasteiger partial charge in [-0.3, -0.25) is 14.9 Å². The van der Waals surface area contributed by atoms with E-state index < -0.39 is 4.92 Å². The lowest BCUT2D eigenvalue weighted by Crippen LogP contribution is -2.38. The number of anilines is 1. The summed E-state index contributed by atoms with van der Waals surface area (Å²) in [6.07, 6.45) is 7.10. The highest BCUT2D eigenvalue weighted by atomic mass is 16.6. The summed E-state index contributed by atoms with van der Waals surface area (Å²) in [6.45, 7) is 3.58. The summed E-state index contributed by atoms with van der Waals surface area (Å²) in [5.74, 6) is -0.289. The second-order valence-corrected chi connectivity index (χ2v) is 7.30. The molecule has 1 saturated heterocycles. The van der Waals surface area contributed by atoms with Gasteiger partial charge < -0.3 is 19.7 Å².